The zero-order chi connectivity index (χ0) is 9.97. The minimum atomic E-state index is 0.211. The fraction of sp³-hybridized carbons (Fsp3) is 0.700. The van der Waals surface area contributed by atoms with E-state index in [9.17, 15) is 0 Å². The standard InChI is InChI=1S/C10H16N2OS/c1-7-6-14-10(12-7)4-9(11)8-2-3-13-5-8/h6,8-9H,2-5,11H2,1H3. The van der Waals surface area contributed by atoms with E-state index in [4.69, 9.17) is 10.5 Å². The molecule has 0 bridgehead atoms. The van der Waals surface area contributed by atoms with Crippen LogP contribution in [0, 0.1) is 12.8 Å². The van der Waals surface area contributed by atoms with Crippen LogP contribution in [0.2, 0.25) is 0 Å². The summed E-state index contributed by atoms with van der Waals surface area (Å²) in [6.07, 6.45) is 2.00. The first-order valence-corrected chi connectivity index (χ1v) is 5.88. The molecule has 1 fully saturated rings. The number of nitrogens with two attached hydrogens (primary N) is 1. The Hall–Kier alpha value is -0.450. The molecule has 14 heavy (non-hydrogen) atoms. The molecule has 4 heteroatoms. The molecule has 2 atom stereocenters. The molecule has 1 aromatic rings. The zero-order valence-corrected chi connectivity index (χ0v) is 9.22. The summed E-state index contributed by atoms with van der Waals surface area (Å²) in [6.45, 7) is 3.71. The van der Waals surface area contributed by atoms with E-state index in [2.05, 4.69) is 10.4 Å². The zero-order valence-electron chi connectivity index (χ0n) is 8.40. The first-order valence-electron chi connectivity index (χ1n) is 5.00. The van der Waals surface area contributed by atoms with Crippen LogP contribution in [-0.2, 0) is 11.2 Å². The largest absolute Gasteiger partial charge is 0.381 e. The smallest absolute Gasteiger partial charge is 0.0943 e. The number of hydrogen-bond donors (Lipinski definition) is 1. The van der Waals surface area contributed by atoms with E-state index in [0.717, 1.165) is 36.8 Å². The van der Waals surface area contributed by atoms with Crippen molar-refractivity contribution in [1.82, 2.24) is 4.98 Å². The van der Waals surface area contributed by atoms with E-state index in [1.165, 1.54) is 0 Å². The maximum absolute atomic E-state index is 6.11. The van der Waals surface area contributed by atoms with Gasteiger partial charge in [-0.3, -0.25) is 0 Å². The average molecular weight is 212 g/mol. The van der Waals surface area contributed by atoms with E-state index >= 15 is 0 Å². The first-order chi connectivity index (χ1) is 6.75. The third kappa shape index (κ3) is 2.32. The highest BCUT2D eigenvalue weighted by molar-refractivity contribution is 7.09. The van der Waals surface area contributed by atoms with E-state index in [1.807, 2.05) is 6.92 Å². The first kappa shape index (κ1) is 10.1. The van der Waals surface area contributed by atoms with Gasteiger partial charge in [0.25, 0.3) is 0 Å². The SMILES string of the molecule is Cc1csc(CC(N)C2CCOC2)n1. The monoisotopic (exact) mass is 212 g/mol. The Morgan fingerprint density at radius 2 is 2.64 bits per heavy atom. The summed E-state index contributed by atoms with van der Waals surface area (Å²) in [5, 5.41) is 3.23. The van der Waals surface area contributed by atoms with Crippen LogP contribution >= 0.6 is 11.3 Å². The molecule has 2 N–H and O–H groups in total. The Morgan fingerprint density at radius 1 is 1.79 bits per heavy atom. The Kier molecular flexibility index (Phi) is 3.15. The minimum Gasteiger partial charge on any atom is -0.381 e. The molecule has 78 valence electrons. The van der Waals surface area contributed by atoms with Gasteiger partial charge in [0.05, 0.1) is 11.6 Å². The third-order valence-corrected chi connectivity index (χ3v) is 3.64. The lowest BCUT2D eigenvalue weighted by Crippen LogP contribution is -2.32. The van der Waals surface area contributed by atoms with Crippen LogP contribution in [0.4, 0.5) is 0 Å². The van der Waals surface area contributed by atoms with Crippen molar-refractivity contribution in [1.29, 1.82) is 0 Å². The van der Waals surface area contributed by atoms with Crippen LogP contribution in [-0.4, -0.2) is 24.2 Å². The number of ether oxygens (including phenoxy) is 1. The maximum atomic E-state index is 6.11. The molecular weight excluding hydrogens is 196 g/mol. The van der Waals surface area contributed by atoms with Crippen LogP contribution < -0.4 is 5.73 Å². The average Bonchev–Trinajstić information content (AvgIpc) is 2.75. The van der Waals surface area contributed by atoms with Gasteiger partial charge in [0, 0.05) is 30.1 Å². The molecule has 0 amide bonds. The minimum absolute atomic E-state index is 0.211. The van der Waals surface area contributed by atoms with E-state index < -0.39 is 0 Å². The summed E-state index contributed by atoms with van der Waals surface area (Å²) >= 11 is 1.70. The maximum Gasteiger partial charge on any atom is 0.0943 e. The highest BCUT2D eigenvalue weighted by atomic mass is 32.1. The molecule has 0 spiro atoms. The van der Waals surface area contributed by atoms with Crippen molar-refractivity contribution in [3.8, 4) is 0 Å². The van der Waals surface area contributed by atoms with Gasteiger partial charge in [0.15, 0.2) is 0 Å². The molecule has 1 saturated heterocycles. The van der Waals surface area contributed by atoms with Gasteiger partial charge in [-0.25, -0.2) is 4.98 Å². The highest BCUT2D eigenvalue weighted by Crippen LogP contribution is 2.19. The third-order valence-electron chi connectivity index (χ3n) is 2.65. The van der Waals surface area contributed by atoms with Crippen molar-refractivity contribution >= 4 is 11.3 Å². The molecule has 2 unspecified atom stereocenters. The lowest BCUT2D eigenvalue weighted by Gasteiger charge is -2.15. The van der Waals surface area contributed by atoms with Crippen molar-refractivity contribution in [2.45, 2.75) is 25.8 Å². The van der Waals surface area contributed by atoms with Gasteiger partial charge < -0.3 is 10.5 Å². The van der Waals surface area contributed by atoms with Crippen molar-refractivity contribution < 1.29 is 4.74 Å². The molecule has 1 aromatic heterocycles. The Labute approximate surface area is 88.3 Å². The summed E-state index contributed by atoms with van der Waals surface area (Å²) in [5.74, 6) is 0.527. The van der Waals surface area contributed by atoms with E-state index in [1.54, 1.807) is 11.3 Å². The Balaban J connectivity index is 1.90. The fourth-order valence-corrected chi connectivity index (χ4v) is 2.60. The lowest BCUT2D eigenvalue weighted by atomic mass is 9.97. The van der Waals surface area contributed by atoms with Crippen molar-refractivity contribution in [2.24, 2.45) is 11.7 Å². The van der Waals surface area contributed by atoms with Gasteiger partial charge in [-0.1, -0.05) is 0 Å². The Bertz CT molecular complexity index is 294. The number of thiazole rings is 1. The topological polar surface area (TPSA) is 48.1 Å². The molecule has 1 aliphatic heterocycles. The number of aromatic nitrogens is 1. The fourth-order valence-electron chi connectivity index (χ4n) is 1.76. The molecule has 2 heterocycles. The van der Waals surface area contributed by atoms with Gasteiger partial charge in [-0.15, -0.1) is 11.3 Å². The summed E-state index contributed by atoms with van der Waals surface area (Å²) in [4.78, 5) is 4.42. The van der Waals surface area contributed by atoms with Crippen LogP contribution in [0.5, 0.6) is 0 Å². The van der Waals surface area contributed by atoms with Crippen molar-refractivity contribution in [3.63, 3.8) is 0 Å². The highest BCUT2D eigenvalue weighted by Gasteiger charge is 2.23. The van der Waals surface area contributed by atoms with Crippen LogP contribution in [0.1, 0.15) is 17.1 Å². The van der Waals surface area contributed by atoms with E-state index in [-0.39, 0.29) is 6.04 Å². The van der Waals surface area contributed by atoms with Gasteiger partial charge >= 0.3 is 0 Å². The molecule has 0 aliphatic carbocycles. The number of hydrogen-bond acceptors (Lipinski definition) is 4. The summed E-state index contributed by atoms with van der Waals surface area (Å²) < 4.78 is 5.32. The van der Waals surface area contributed by atoms with Crippen LogP contribution in [0.25, 0.3) is 0 Å². The second kappa shape index (κ2) is 4.38. The molecule has 0 radical (unpaired) electrons. The predicted molar refractivity (Wildman–Crippen MR) is 57.5 cm³/mol. The molecule has 1 aliphatic rings. The quantitative estimate of drug-likeness (QED) is 0.823. The molecule has 0 aromatic carbocycles. The lowest BCUT2D eigenvalue weighted by molar-refractivity contribution is 0.180. The van der Waals surface area contributed by atoms with Gasteiger partial charge in [-0.05, 0) is 19.3 Å². The number of nitrogens with zero attached hydrogens (tertiary/aromatic N) is 1. The molecule has 3 nitrogen and oxygen atoms in total. The van der Waals surface area contributed by atoms with Gasteiger partial charge in [0.1, 0.15) is 0 Å². The normalized spacial score (nSPS) is 24.0. The van der Waals surface area contributed by atoms with Crippen LogP contribution in [0.3, 0.4) is 0 Å². The van der Waals surface area contributed by atoms with Crippen molar-refractivity contribution in [2.75, 3.05) is 13.2 Å². The molecule has 0 saturated carbocycles. The summed E-state index contributed by atoms with van der Waals surface area (Å²) in [7, 11) is 0. The summed E-state index contributed by atoms with van der Waals surface area (Å²) in [5.41, 5.74) is 7.20. The van der Waals surface area contributed by atoms with Gasteiger partial charge in [0.2, 0.25) is 0 Å². The van der Waals surface area contributed by atoms with Crippen LogP contribution in [0.15, 0.2) is 5.38 Å². The van der Waals surface area contributed by atoms with Gasteiger partial charge in [-0.2, -0.15) is 0 Å². The number of aryl methyl sites for hydroxylation is 1. The predicted octanol–water partition coefficient (Wildman–Crippen LogP) is 1.36. The Morgan fingerprint density at radius 3 is 3.21 bits per heavy atom. The molecule has 2 rings (SSSR count). The summed E-state index contributed by atoms with van der Waals surface area (Å²) in [6, 6.07) is 0.211. The molecular formula is C10H16N2OS. The second-order valence-corrected chi connectivity index (χ2v) is 4.82. The van der Waals surface area contributed by atoms with Crippen molar-refractivity contribution in [3.05, 3.63) is 16.1 Å². The number of rotatable bonds is 3. The second-order valence-electron chi connectivity index (χ2n) is 3.87. The van der Waals surface area contributed by atoms with E-state index in [0.29, 0.717) is 5.92 Å².